The highest BCUT2D eigenvalue weighted by Gasteiger charge is 2.64. The Kier molecular flexibility index (Phi) is 18.4. The standard InChI is InChI=1S/C27H37N4O8P.C14H19N3O5.C13H17N3O5/c1-17(14-36-25(34)26(3,4)5)30-40(35,39-19-10-8-7-9-11-19)37-15-21-23(32)24(33)27(6,38-21)22-13-12-20-18(2)28-16-29-31(20)22;1-13(21)12(20)10(6-18)22-14(13,7-19)11-3-2-9-8(15)4-5-16-17(9)11;14-7-3-4-15-16-8(7)1-2-10(16)13(6-18)12(20)11(19)9(5-17)21-13/h7-13,16-17,21,23-24,32-33H,14-15H2,1-6H3,(H,30,35);2-5,10,12,18-21H,6-7,15H2,1H3;1-4,9,11-12,17-20H,5-6,14H2/t17-,21+,23+,24+,27-,40?;10-,12-,13-,14+;9-,11-,12-,13+/m011/s1. The van der Waals surface area contributed by atoms with E-state index in [1.165, 1.54) is 34.7 Å². The minimum absolute atomic E-state index is 0.0799. The number of esters is 1. The van der Waals surface area contributed by atoms with Gasteiger partial charge in [0.1, 0.15) is 78.7 Å². The molecule has 1 aromatic carbocycles. The molecule has 1 unspecified atom stereocenters. The molecule has 0 amide bonds. The summed E-state index contributed by atoms with van der Waals surface area (Å²) in [6.45, 7) is 9.11. The first kappa shape index (κ1) is 62.8. The number of aryl methyl sites for hydroxylation is 1. The molecule has 9 heterocycles. The van der Waals surface area contributed by atoms with Crippen LogP contribution in [0.5, 0.6) is 5.75 Å². The fraction of sp³-hybridized carbons (Fsp3) is 0.500. The van der Waals surface area contributed by atoms with E-state index in [0.717, 1.165) is 11.2 Å². The smallest absolute Gasteiger partial charge is 0.459 e. The SMILES string of the molecule is C[C@@]1(O)[C@H](O)[C@@H](CO)O[C@@]1(CO)c1ccc2c(N)ccnn12.Cc1ncnn2c([C@]3(C)O[C@H](COP(=O)(N[C@@H](C)COC(=O)C(C)(C)C)Oc4ccccc4)[C@@H](O)[C@H]3O)ccc12.Nc1ccnn2c([C@]3(CO)O[C@H](CO)[C@@H](O)[C@H]3O)ccc12. The molecule has 10 rings (SSSR count). The van der Waals surface area contributed by atoms with Crippen LogP contribution in [0.4, 0.5) is 11.4 Å². The van der Waals surface area contributed by atoms with Gasteiger partial charge in [0.05, 0.1) is 89.1 Å². The highest BCUT2D eigenvalue weighted by molar-refractivity contribution is 7.52. The van der Waals surface area contributed by atoms with Gasteiger partial charge in [-0.05, 0) is 109 Å². The van der Waals surface area contributed by atoms with Crippen molar-refractivity contribution in [2.45, 2.75) is 126 Å². The average molecular weight is 1180 g/mol. The van der Waals surface area contributed by atoms with E-state index in [9.17, 15) is 60.4 Å². The van der Waals surface area contributed by atoms with Gasteiger partial charge in [0, 0.05) is 18.4 Å². The molecule has 0 saturated carbocycles. The number of nitrogens with zero attached hydrogens (tertiary/aromatic N) is 7. The van der Waals surface area contributed by atoms with Crippen molar-refractivity contribution in [2.24, 2.45) is 5.41 Å². The van der Waals surface area contributed by atoms with Crippen LogP contribution in [0.15, 0.2) is 97.6 Å². The van der Waals surface area contributed by atoms with Gasteiger partial charge in [-0.15, -0.1) is 0 Å². The van der Waals surface area contributed by atoms with Gasteiger partial charge >= 0.3 is 13.7 Å². The summed E-state index contributed by atoms with van der Waals surface area (Å²) in [5, 5.41) is 117. The van der Waals surface area contributed by atoms with E-state index in [4.69, 9.17) is 39.5 Å². The molecule has 3 aliphatic rings. The minimum Gasteiger partial charge on any atom is -0.464 e. The van der Waals surface area contributed by atoms with Gasteiger partial charge in [-0.3, -0.25) is 9.32 Å². The van der Waals surface area contributed by atoms with Crippen LogP contribution in [0, 0.1) is 12.3 Å². The molecular weight excluding hydrogens is 1110 g/mol. The molecule has 0 bridgehead atoms. The largest absolute Gasteiger partial charge is 0.464 e. The number of benzene rings is 1. The van der Waals surface area contributed by atoms with Gasteiger partial charge in [0.2, 0.25) is 0 Å². The van der Waals surface area contributed by atoms with E-state index in [-0.39, 0.29) is 19.0 Å². The van der Waals surface area contributed by atoms with Gasteiger partial charge in [-0.1, -0.05) is 18.2 Å². The number of fused-ring (bicyclic) bond motifs is 3. The van der Waals surface area contributed by atoms with E-state index in [1.54, 1.807) is 112 Å². The van der Waals surface area contributed by atoms with E-state index >= 15 is 0 Å². The first-order valence-electron chi connectivity index (χ1n) is 26.5. The fourth-order valence-corrected chi connectivity index (χ4v) is 11.8. The lowest BCUT2D eigenvalue weighted by Gasteiger charge is -2.37. The molecule has 0 aliphatic carbocycles. The number of carbonyl (C=O) groups excluding carboxylic acids is 1. The first-order chi connectivity index (χ1) is 39.2. The molecule has 28 nitrogen and oxygen atoms in total. The van der Waals surface area contributed by atoms with Crippen molar-refractivity contribution in [3.8, 4) is 5.75 Å². The van der Waals surface area contributed by atoms with Gasteiger partial charge in [0.15, 0.2) is 11.2 Å². The molecule has 3 aliphatic heterocycles. The summed E-state index contributed by atoms with van der Waals surface area (Å²) in [7, 11) is -4.08. The Bertz CT molecular complexity index is 3420. The van der Waals surface area contributed by atoms with Crippen LogP contribution in [0.2, 0.25) is 0 Å². The topological polar surface area (TPSA) is 421 Å². The molecular formula is C54H73N10O18P. The summed E-state index contributed by atoms with van der Waals surface area (Å²) in [5.74, 6) is -0.125. The summed E-state index contributed by atoms with van der Waals surface area (Å²) in [6.07, 6.45) is -5.48. The predicted octanol–water partition coefficient (Wildman–Crippen LogP) is -0.0313. The number of hydrogen-bond acceptors (Lipinski definition) is 24. The Morgan fingerprint density at radius 2 is 1.29 bits per heavy atom. The van der Waals surface area contributed by atoms with Gasteiger partial charge < -0.3 is 86.0 Å². The number of carbonyl (C=O) groups is 1. The molecule has 3 saturated heterocycles. The molecule has 15 N–H and O–H groups in total. The molecule has 3 fully saturated rings. The molecule has 14 atom stereocenters. The van der Waals surface area contributed by atoms with E-state index in [2.05, 4.69) is 25.4 Å². The zero-order valence-corrected chi connectivity index (χ0v) is 47.5. The Balaban J connectivity index is 0.000000176. The Hall–Kier alpha value is -6.28. The normalized spacial score (nSPS) is 29.9. The second-order valence-electron chi connectivity index (χ2n) is 22.0. The molecule has 7 aromatic rings. The summed E-state index contributed by atoms with van der Waals surface area (Å²) in [5.41, 5.74) is 9.49. The van der Waals surface area contributed by atoms with Crippen molar-refractivity contribution in [2.75, 3.05) is 51.1 Å². The maximum absolute atomic E-state index is 13.9. The predicted molar refractivity (Wildman–Crippen MR) is 295 cm³/mol. The number of aliphatic hydroxyl groups excluding tert-OH is 9. The summed E-state index contributed by atoms with van der Waals surface area (Å²) < 4.78 is 52.6. The van der Waals surface area contributed by atoms with Gasteiger partial charge in [0.25, 0.3) is 0 Å². The maximum Gasteiger partial charge on any atom is 0.459 e. The Morgan fingerprint density at radius 1 is 0.723 bits per heavy atom. The van der Waals surface area contributed by atoms with Crippen LogP contribution in [0.3, 0.4) is 0 Å². The summed E-state index contributed by atoms with van der Waals surface area (Å²) in [4.78, 5) is 16.4. The third-order valence-electron chi connectivity index (χ3n) is 15.1. The lowest BCUT2D eigenvalue weighted by atomic mass is 9.80. The van der Waals surface area contributed by atoms with Crippen LogP contribution in [-0.4, -0.2) is 191 Å². The van der Waals surface area contributed by atoms with Crippen molar-refractivity contribution < 1.29 is 88.4 Å². The van der Waals surface area contributed by atoms with Gasteiger partial charge in [-0.25, -0.2) is 28.2 Å². The van der Waals surface area contributed by atoms with Crippen molar-refractivity contribution in [3.05, 3.63) is 120 Å². The van der Waals surface area contributed by atoms with E-state index < -0.39 is 123 Å². The van der Waals surface area contributed by atoms with Gasteiger partial charge in [-0.2, -0.15) is 15.3 Å². The fourth-order valence-electron chi connectivity index (χ4n) is 10.3. The second-order valence-corrected chi connectivity index (χ2v) is 23.7. The zero-order chi connectivity index (χ0) is 60.6. The minimum atomic E-state index is -4.08. The highest BCUT2D eigenvalue weighted by Crippen LogP contribution is 2.49. The summed E-state index contributed by atoms with van der Waals surface area (Å²) in [6, 6.07) is 21.3. The maximum atomic E-state index is 13.9. The number of aliphatic hydroxyl groups is 10. The molecule has 0 spiro atoms. The number of anilines is 2. The second kappa shape index (κ2) is 24.4. The average Bonchev–Trinajstić information content (AvgIpc) is 1.87. The van der Waals surface area contributed by atoms with Crippen LogP contribution >= 0.6 is 7.75 Å². The number of para-hydroxylation sites is 1. The number of nitrogens with two attached hydrogens (primary N) is 2. The third kappa shape index (κ3) is 11.7. The van der Waals surface area contributed by atoms with Crippen LogP contribution in [0.25, 0.3) is 16.6 Å². The van der Waals surface area contributed by atoms with E-state index in [0.29, 0.717) is 39.5 Å². The van der Waals surface area contributed by atoms with Crippen molar-refractivity contribution in [1.29, 1.82) is 0 Å². The Labute approximate surface area is 475 Å². The number of nitrogen functional groups attached to an aromatic ring is 2. The lowest BCUT2D eigenvalue weighted by molar-refractivity contribution is -0.167. The van der Waals surface area contributed by atoms with E-state index in [1.807, 2.05) is 13.0 Å². The Morgan fingerprint density at radius 3 is 1.86 bits per heavy atom. The number of aromatic nitrogens is 7. The molecule has 452 valence electrons. The van der Waals surface area contributed by atoms with Crippen molar-refractivity contribution >= 4 is 41.6 Å². The van der Waals surface area contributed by atoms with Crippen molar-refractivity contribution in [1.82, 2.24) is 38.9 Å². The first-order valence-corrected chi connectivity index (χ1v) is 28.0. The number of hydrogen-bond donors (Lipinski definition) is 13. The van der Waals surface area contributed by atoms with Crippen LogP contribution in [0.1, 0.15) is 64.3 Å². The van der Waals surface area contributed by atoms with Crippen LogP contribution < -0.4 is 21.1 Å². The summed E-state index contributed by atoms with van der Waals surface area (Å²) >= 11 is 0. The number of ether oxygens (including phenoxy) is 4. The zero-order valence-electron chi connectivity index (χ0n) is 46.6. The monoisotopic (exact) mass is 1180 g/mol. The van der Waals surface area contributed by atoms with Crippen molar-refractivity contribution in [3.63, 3.8) is 0 Å². The number of rotatable bonds is 16. The number of nitrogens with one attached hydrogen (secondary N) is 1. The molecule has 0 radical (unpaired) electrons. The van der Waals surface area contributed by atoms with Crippen LogP contribution in [-0.2, 0) is 49.6 Å². The third-order valence-corrected chi connectivity index (χ3v) is 16.8. The molecule has 29 heteroatoms. The lowest BCUT2D eigenvalue weighted by Crippen LogP contribution is -2.55. The quantitative estimate of drug-likeness (QED) is 0.0446. The molecule has 83 heavy (non-hydrogen) atoms. The molecule has 6 aromatic heterocycles. The highest BCUT2D eigenvalue weighted by atomic mass is 31.2.